The number of benzene rings is 6. The second-order valence-corrected chi connectivity index (χ2v) is 19.6. The van der Waals surface area contributed by atoms with Gasteiger partial charge in [-0.05, 0) is 89.6 Å². The lowest BCUT2D eigenvalue weighted by atomic mass is 10.1. The van der Waals surface area contributed by atoms with Crippen LogP contribution >= 0.6 is 0 Å². The lowest BCUT2D eigenvalue weighted by molar-refractivity contribution is 0.305. The van der Waals surface area contributed by atoms with Crippen molar-refractivity contribution in [3.05, 3.63) is 90.5 Å². The number of ether oxygens (including phenoxy) is 1. The van der Waals surface area contributed by atoms with Crippen LogP contribution in [0.5, 0.6) is 23.0 Å². The summed E-state index contributed by atoms with van der Waals surface area (Å²) in [5.74, 6) is -2.42. The average Bonchev–Trinajstić information content (AvgIpc) is 3.26. The van der Waals surface area contributed by atoms with Crippen LogP contribution in [0, 0.1) is 0 Å². The molecule has 31 heteroatoms. The lowest BCUT2D eigenvalue weighted by Gasteiger charge is -2.13. The van der Waals surface area contributed by atoms with Gasteiger partial charge in [-0.25, -0.2) is 4.99 Å². The highest BCUT2D eigenvalue weighted by atomic mass is 32.2. The van der Waals surface area contributed by atoms with Gasteiger partial charge in [-0.15, -0.1) is 20.5 Å². The fourth-order valence-corrected chi connectivity index (χ4v) is 8.77. The van der Waals surface area contributed by atoms with Gasteiger partial charge in [0.1, 0.15) is 48.9 Å². The number of phenols is 3. The number of hydrogen-bond acceptors (Lipinski definition) is 22. The van der Waals surface area contributed by atoms with E-state index in [-0.39, 0.29) is 62.7 Å². The van der Waals surface area contributed by atoms with Gasteiger partial charge < -0.3 is 35.8 Å². The molecule has 1 aromatic heterocycles. The second kappa shape index (κ2) is 18.7. The molecule has 0 radical (unpaired) electrons. The molecule has 0 bridgehead atoms. The Morgan fingerprint density at radius 2 is 1.09 bits per heavy atom. The normalized spacial score (nSPS) is 12.9. The van der Waals surface area contributed by atoms with Crippen molar-refractivity contribution in [3.63, 3.8) is 0 Å². The molecular formula is C38H32N10O17S4. The maximum Gasteiger partial charge on any atom is 0.296 e. The predicted molar refractivity (Wildman–Crippen MR) is 240 cm³/mol. The van der Waals surface area contributed by atoms with Crippen LogP contribution in [0.15, 0.2) is 130 Å². The molecule has 0 unspecified atom stereocenters. The minimum Gasteiger partial charge on any atom is -0.506 e. The molecule has 69 heavy (non-hydrogen) atoms. The van der Waals surface area contributed by atoms with Crippen molar-refractivity contribution in [3.8, 4) is 23.0 Å². The van der Waals surface area contributed by atoms with Gasteiger partial charge in [0, 0.05) is 28.2 Å². The third-order valence-corrected chi connectivity index (χ3v) is 12.9. The number of aliphatic hydroxyl groups is 1. The number of aromatic nitrogens is 3. The first-order valence-corrected chi connectivity index (χ1v) is 24.6. The molecule has 0 saturated heterocycles. The zero-order valence-corrected chi connectivity index (χ0v) is 37.8. The highest BCUT2D eigenvalue weighted by molar-refractivity contribution is 7.86. The van der Waals surface area contributed by atoms with E-state index in [1.54, 1.807) is 0 Å². The Hall–Kier alpha value is -7.75. The topological polar surface area (TPSA) is 435 Å². The highest BCUT2D eigenvalue weighted by Gasteiger charge is 2.25. The van der Waals surface area contributed by atoms with Crippen LogP contribution in [0.3, 0.4) is 0 Å². The summed E-state index contributed by atoms with van der Waals surface area (Å²) in [5.41, 5.74) is -2.47. The van der Waals surface area contributed by atoms with Gasteiger partial charge in [-0.3, -0.25) is 23.2 Å². The van der Waals surface area contributed by atoms with Crippen LogP contribution in [0.25, 0.3) is 21.5 Å². The molecule has 0 aliphatic carbocycles. The molecule has 27 nitrogen and oxygen atoms in total. The van der Waals surface area contributed by atoms with Crippen molar-refractivity contribution in [2.45, 2.75) is 19.6 Å². The SMILES string of the molecule is COc1ccc(N=Nc2c(S(=O)(=O)O)cc3cc(Nc4nc(=NCCO)nc(Nc5ccc6c(O)c(N=Nc7cc(S(=O)(=O)O)ccc7O)c(S(=O)(=O)O)cc6c5)[nH]4)ccc3c2O)c(S(=O)(=O)O)c1. The third kappa shape index (κ3) is 11.0. The number of hydrogen-bond donors (Lipinski definition) is 11. The molecule has 0 amide bonds. The highest BCUT2D eigenvalue weighted by Crippen LogP contribution is 2.45. The molecule has 0 fully saturated rings. The number of nitrogens with one attached hydrogen (secondary N) is 3. The first kappa shape index (κ1) is 49.2. The molecule has 360 valence electrons. The summed E-state index contributed by atoms with van der Waals surface area (Å²) in [7, 11) is -18.8. The summed E-state index contributed by atoms with van der Waals surface area (Å²) in [4.78, 5) is 12.1. The fourth-order valence-electron chi connectivity index (χ4n) is 6.31. The van der Waals surface area contributed by atoms with Crippen molar-refractivity contribution >= 4 is 108 Å². The first-order valence-electron chi connectivity index (χ1n) is 18.8. The molecule has 1 heterocycles. The Balaban J connectivity index is 1.23. The van der Waals surface area contributed by atoms with E-state index in [1.165, 1.54) is 49.6 Å². The molecule has 0 aliphatic heterocycles. The Bertz CT molecular complexity index is 3850. The van der Waals surface area contributed by atoms with E-state index in [2.05, 4.69) is 51.0 Å². The number of fused-ring (bicyclic) bond motifs is 2. The Morgan fingerprint density at radius 1 is 0.580 bits per heavy atom. The average molecular weight is 1030 g/mol. The molecule has 0 aliphatic rings. The monoisotopic (exact) mass is 1030 g/mol. The van der Waals surface area contributed by atoms with Crippen LogP contribution in [0.4, 0.5) is 46.0 Å². The van der Waals surface area contributed by atoms with Gasteiger partial charge in [0.2, 0.25) is 11.9 Å². The summed E-state index contributed by atoms with van der Waals surface area (Å²) in [6.45, 7) is -0.546. The molecule has 7 rings (SSSR count). The number of phenolic OH excluding ortho intramolecular Hbond substituents is 3. The van der Waals surface area contributed by atoms with E-state index in [0.717, 1.165) is 36.4 Å². The number of aliphatic hydroxyl groups excluding tert-OH is 1. The zero-order chi connectivity index (χ0) is 50.2. The smallest absolute Gasteiger partial charge is 0.296 e. The van der Waals surface area contributed by atoms with E-state index >= 15 is 0 Å². The quantitative estimate of drug-likeness (QED) is 0.0450. The molecule has 0 atom stereocenters. The van der Waals surface area contributed by atoms with Crippen LogP contribution in [0.2, 0.25) is 0 Å². The number of aromatic amines is 1. The summed E-state index contributed by atoms with van der Waals surface area (Å²) < 4.78 is 142. The minimum absolute atomic E-state index is 0.00236. The molecule has 6 aromatic carbocycles. The Kier molecular flexibility index (Phi) is 13.3. The number of methoxy groups -OCH3 is 1. The standard InChI is InChI=1S/C38H32N10O17S4/c1-65-22-4-8-26(29(16-22)67(56,57)58)45-47-32-30(68(59,60)61)14-18-12-20(2-6-24(18)34(32)51)40-37-42-36(39-10-11-49)43-38(44-37)41-21-3-7-25-19(13-21)15-31(69(62,63)64)33(35(25)52)48-46-27-17-23(66(53,54)55)5-9-28(27)50/h2-9,12-17,49-52H,10-11H2,1H3,(H,53,54,55)(H,56,57,58)(H,59,60,61)(H,62,63,64)(H3,39,40,41,42,43,44). The van der Waals surface area contributed by atoms with Crippen molar-refractivity contribution < 1.29 is 77.0 Å². The molecule has 7 aromatic rings. The van der Waals surface area contributed by atoms with Gasteiger partial charge in [0.25, 0.3) is 46.1 Å². The zero-order valence-electron chi connectivity index (χ0n) is 34.5. The lowest BCUT2D eigenvalue weighted by Crippen LogP contribution is -2.19. The first-order chi connectivity index (χ1) is 32.3. The third-order valence-electron chi connectivity index (χ3n) is 9.40. The summed E-state index contributed by atoms with van der Waals surface area (Å²) in [5, 5.41) is 62.4. The van der Waals surface area contributed by atoms with Gasteiger partial charge in [0.15, 0.2) is 11.5 Å². The van der Waals surface area contributed by atoms with Gasteiger partial charge in [0.05, 0.1) is 25.2 Å². The molecular weight excluding hydrogens is 997 g/mol. The van der Waals surface area contributed by atoms with Crippen molar-refractivity contribution in [1.29, 1.82) is 0 Å². The van der Waals surface area contributed by atoms with Gasteiger partial charge in [-0.2, -0.15) is 43.6 Å². The second-order valence-electron chi connectivity index (χ2n) is 14.0. The summed E-state index contributed by atoms with van der Waals surface area (Å²) in [6, 6.07) is 15.6. The number of nitrogens with zero attached hydrogens (tertiary/aromatic N) is 7. The van der Waals surface area contributed by atoms with Crippen LogP contribution in [0.1, 0.15) is 0 Å². The molecule has 11 N–H and O–H groups in total. The Labute approximate surface area is 387 Å². The van der Waals surface area contributed by atoms with E-state index in [9.17, 15) is 72.3 Å². The van der Waals surface area contributed by atoms with E-state index in [1.807, 2.05) is 0 Å². The van der Waals surface area contributed by atoms with Gasteiger partial charge >= 0.3 is 0 Å². The predicted octanol–water partition coefficient (Wildman–Crippen LogP) is 5.43. The Morgan fingerprint density at radius 3 is 1.55 bits per heavy atom. The van der Waals surface area contributed by atoms with Crippen molar-refractivity contribution in [2.75, 3.05) is 30.9 Å². The maximum absolute atomic E-state index is 12.6. The number of anilines is 4. The fraction of sp³-hybridized carbons (Fsp3) is 0.0789. The summed E-state index contributed by atoms with van der Waals surface area (Å²) >= 11 is 0. The van der Waals surface area contributed by atoms with Crippen LogP contribution in [-0.2, 0) is 40.5 Å². The number of rotatable bonds is 15. The van der Waals surface area contributed by atoms with Crippen molar-refractivity contribution in [2.24, 2.45) is 25.4 Å². The van der Waals surface area contributed by atoms with Crippen LogP contribution < -0.4 is 21.0 Å². The van der Waals surface area contributed by atoms with Crippen molar-refractivity contribution in [1.82, 2.24) is 15.0 Å². The largest absolute Gasteiger partial charge is 0.506 e. The molecule has 0 saturated carbocycles. The van der Waals surface area contributed by atoms with E-state index in [0.29, 0.717) is 6.07 Å². The number of azo groups is 2. The van der Waals surface area contributed by atoms with Gasteiger partial charge in [-0.1, -0.05) is 0 Å². The number of aromatic hydroxyl groups is 3. The minimum atomic E-state index is -5.16. The van der Waals surface area contributed by atoms with E-state index in [4.69, 9.17) is 4.74 Å². The molecule has 0 spiro atoms. The maximum atomic E-state index is 12.6. The van der Waals surface area contributed by atoms with Crippen LogP contribution in [-0.4, -0.2) is 108 Å². The number of H-pyrrole nitrogens is 1. The van der Waals surface area contributed by atoms with E-state index < -0.39 is 107 Å². The summed E-state index contributed by atoms with van der Waals surface area (Å²) in [6.07, 6.45) is 0.